The van der Waals surface area contributed by atoms with Crippen LogP contribution in [0.3, 0.4) is 0 Å². The second-order valence-electron chi connectivity index (χ2n) is 4.23. The standard InChI is InChI=1S/C12H13IO2/c1-12(5-6-12)11(14)9-7-8(13)3-4-10(9)15-2/h3-4,7H,5-6H2,1-2H3. The summed E-state index contributed by atoms with van der Waals surface area (Å²) in [6.45, 7) is 2.02. The van der Waals surface area contributed by atoms with Gasteiger partial charge in [0.1, 0.15) is 5.75 Å². The number of halogens is 1. The molecule has 3 heteroatoms. The van der Waals surface area contributed by atoms with Crippen LogP contribution < -0.4 is 4.74 Å². The van der Waals surface area contributed by atoms with Crippen molar-refractivity contribution in [2.45, 2.75) is 19.8 Å². The van der Waals surface area contributed by atoms with Gasteiger partial charge in [-0.2, -0.15) is 0 Å². The van der Waals surface area contributed by atoms with E-state index in [1.165, 1.54) is 0 Å². The van der Waals surface area contributed by atoms with Gasteiger partial charge in [-0.15, -0.1) is 0 Å². The molecule has 0 saturated heterocycles. The van der Waals surface area contributed by atoms with Crippen LogP contribution in [0.15, 0.2) is 18.2 Å². The van der Waals surface area contributed by atoms with Crippen molar-refractivity contribution < 1.29 is 9.53 Å². The van der Waals surface area contributed by atoms with Gasteiger partial charge >= 0.3 is 0 Å². The first-order valence-corrected chi connectivity index (χ1v) is 6.03. The van der Waals surface area contributed by atoms with E-state index in [0.29, 0.717) is 5.75 Å². The predicted octanol–water partition coefficient (Wildman–Crippen LogP) is 3.28. The quantitative estimate of drug-likeness (QED) is 0.632. The third kappa shape index (κ3) is 2.02. The van der Waals surface area contributed by atoms with Crippen LogP contribution in [0.1, 0.15) is 30.1 Å². The topological polar surface area (TPSA) is 26.3 Å². The Morgan fingerprint density at radius 2 is 2.13 bits per heavy atom. The molecule has 1 aliphatic carbocycles. The van der Waals surface area contributed by atoms with Gasteiger partial charge in [0.2, 0.25) is 0 Å². The number of ether oxygens (including phenoxy) is 1. The van der Waals surface area contributed by atoms with E-state index in [1.54, 1.807) is 7.11 Å². The highest BCUT2D eigenvalue weighted by Crippen LogP contribution is 2.48. The lowest BCUT2D eigenvalue weighted by atomic mass is 9.96. The Morgan fingerprint density at radius 3 is 2.67 bits per heavy atom. The number of Topliss-reactive ketones (excluding diaryl/α,β-unsaturated/α-hetero) is 1. The van der Waals surface area contributed by atoms with Crippen LogP contribution in [0.5, 0.6) is 5.75 Å². The molecule has 0 atom stereocenters. The molecule has 2 nitrogen and oxygen atoms in total. The molecule has 0 radical (unpaired) electrons. The predicted molar refractivity (Wildman–Crippen MR) is 67.4 cm³/mol. The third-order valence-corrected chi connectivity index (χ3v) is 3.63. The number of rotatable bonds is 3. The van der Waals surface area contributed by atoms with Crippen LogP contribution in [0.2, 0.25) is 0 Å². The molecule has 0 N–H and O–H groups in total. The minimum absolute atomic E-state index is 0.127. The fraction of sp³-hybridized carbons (Fsp3) is 0.417. The molecule has 0 spiro atoms. The summed E-state index contributed by atoms with van der Waals surface area (Å²) in [5.74, 6) is 0.909. The average Bonchev–Trinajstić information content (AvgIpc) is 2.96. The van der Waals surface area contributed by atoms with E-state index in [9.17, 15) is 4.79 Å². The minimum Gasteiger partial charge on any atom is -0.496 e. The SMILES string of the molecule is COc1ccc(I)cc1C(=O)C1(C)CC1. The van der Waals surface area contributed by atoms with Crippen LogP contribution in [0.25, 0.3) is 0 Å². The Bertz CT molecular complexity index is 408. The molecular formula is C12H13IO2. The molecule has 1 aliphatic rings. The molecule has 1 fully saturated rings. The second-order valence-corrected chi connectivity index (χ2v) is 5.48. The molecular weight excluding hydrogens is 303 g/mol. The maximum Gasteiger partial charge on any atom is 0.172 e. The van der Waals surface area contributed by atoms with Gasteiger partial charge in [0.05, 0.1) is 12.7 Å². The summed E-state index contributed by atoms with van der Waals surface area (Å²) in [7, 11) is 1.61. The first kappa shape index (κ1) is 10.9. The molecule has 80 valence electrons. The van der Waals surface area contributed by atoms with E-state index in [-0.39, 0.29) is 11.2 Å². The number of hydrogen-bond acceptors (Lipinski definition) is 2. The van der Waals surface area contributed by atoms with Crippen LogP contribution >= 0.6 is 22.6 Å². The minimum atomic E-state index is -0.127. The van der Waals surface area contributed by atoms with Gasteiger partial charge in [-0.05, 0) is 53.6 Å². The lowest BCUT2D eigenvalue weighted by Gasteiger charge is -2.11. The van der Waals surface area contributed by atoms with E-state index in [0.717, 1.165) is 22.0 Å². The average molecular weight is 316 g/mol. The Kier molecular flexibility index (Phi) is 2.75. The monoisotopic (exact) mass is 316 g/mol. The van der Waals surface area contributed by atoms with Crippen LogP contribution in [0, 0.1) is 8.99 Å². The lowest BCUT2D eigenvalue weighted by molar-refractivity contribution is 0.0909. The Morgan fingerprint density at radius 1 is 1.47 bits per heavy atom. The zero-order chi connectivity index (χ0) is 11.1. The number of carbonyl (C=O) groups excluding carboxylic acids is 1. The fourth-order valence-corrected chi connectivity index (χ4v) is 2.09. The summed E-state index contributed by atoms with van der Waals surface area (Å²) in [6, 6.07) is 5.72. The molecule has 2 rings (SSSR count). The van der Waals surface area contributed by atoms with Gasteiger partial charge in [0.25, 0.3) is 0 Å². The molecule has 1 aromatic carbocycles. The van der Waals surface area contributed by atoms with E-state index in [1.807, 2.05) is 25.1 Å². The van der Waals surface area contributed by atoms with Crippen LogP contribution in [0.4, 0.5) is 0 Å². The van der Waals surface area contributed by atoms with Gasteiger partial charge in [-0.1, -0.05) is 6.92 Å². The van der Waals surface area contributed by atoms with Gasteiger partial charge in [0, 0.05) is 8.99 Å². The summed E-state index contributed by atoms with van der Waals surface area (Å²) in [6.07, 6.45) is 2.00. The normalized spacial score (nSPS) is 17.3. The van der Waals surface area contributed by atoms with Crippen molar-refractivity contribution in [2.75, 3.05) is 7.11 Å². The fourth-order valence-electron chi connectivity index (χ4n) is 1.60. The van der Waals surface area contributed by atoms with E-state index in [2.05, 4.69) is 22.6 Å². The van der Waals surface area contributed by atoms with Crippen molar-refractivity contribution in [1.82, 2.24) is 0 Å². The maximum absolute atomic E-state index is 12.2. The number of methoxy groups -OCH3 is 1. The highest BCUT2D eigenvalue weighted by Gasteiger charge is 2.45. The summed E-state index contributed by atoms with van der Waals surface area (Å²) >= 11 is 2.21. The molecule has 0 amide bonds. The number of carbonyl (C=O) groups is 1. The summed E-state index contributed by atoms with van der Waals surface area (Å²) in [4.78, 5) is 12.2. The molecule has 0 heterocycles. The third-order valence-electron chi connectivity index (χ3n) is 2.95. The Labute approximate surface area is 103 Å². The van der Waals surface area contributed by atoms with Crippen LogP contribution in [-0.4, -0.2) is 12.9 Å². The zero-order valence-corrected chi connectivity index (χ0v) is 11.0. The van der Waals surface area contributed by atoms with Crippen molar-refractivity contribution in [2.24, 2.45) is 5.41 Å². The van der Waals surface area contributed by atoms with Crippen molar-refractivity contribution in [3.63, 3.8) is 0 Å². The van der Waals surface area contributed by atoms with E-state index < -0.39 is 0 Å². The largest absolute Gasteiger partial charge is 0.496 e. The molecule has 15 heavy (non-hydrogen) atoms. The zero-order valence-electron chi connectivity index (χ0n) is 8.84. The number of ketones is 1. The van der Waals surface area contributed by atoms with Crippen molar-refractivity contribution >= 4 is 28.4 Å². The first-order valence-electron chi connectivity index (χ1n) is 4.95. The lowest BCUT2D eigenvalue weighted by Crippen LogP contribution is -2.13. The molecule has 0 unspecified atom stereocenters. The van der Waals surface area contributed by atoms with E-state index >= 15 is 0 Å². The molecule has 1 aromatic rings. The summed E-state index contributed by atoms with van der Waals surface area (Å²) in [5, 5.41) is 0. The number of benzene rings is 1. The highest BCUT2D eigenvalue weighted by atomic mass is 127. The number of hydrogen-bond donors (Lipinski definition) is 0. The van der Waals surface area contributed by atoms with Crippen LogP contribution in [-0.2, 0) is 0 Å². The van der Waals surface area contributed by atoms with Gasteiger partial charge < -0.3 is 4.74 Å². The summed E-state index contributed by atoms with van der Waals surface area (Å²) < 4.78 is 6.29. The molecule has 0 aliphatic heterocycles. The summed E-state index contributed by atoms with van der Waals surface area (Å²) in [5.41, 5.74) is 0.599. The molecule has 1 saturated carbocycles. The Balaban J connectivity index is 2.41. The van der Waals surface area contributed by atoms with Gasteiger partial charge in [0.15, 0.2) is 5.78 Å². The highest BCUT2D eigenvalue weighted by molar-refractivity contribution is 14.1. The second kappa shape index (κ2) is 3.77. The maximum atomic E-state index is 12.2. The van der Waals surface area contributed by atoms with Gasteiger partial charge in [-0.3, -0.25) is 4.79 Å². The molecule has 0 aromatic heterocycles. The first-order chi connectivity index (χ1) is 7.07. The smallest absolute Gasteiger partial charge is 0.172 e. The van der Waals surface area contributed by atoms with Crippen molar-refractivity contribution in [1.29, 1.82) is 0 Å². The Hall–Kier alpha value is -0.580. The van der Waals surface area contributed by atoms with E-state index in [4.69, 9.17) is 4.74 Å². The van der Waals surface area contributed by atoms with Crippen molar-refractivity contribution in [3.05, 3.63) is 27.3 Å². The van der Waals surface area contributed by atoms with Crippen molar-refractivity contribution in [3.8, 4) is 5.75 Å². The van der Waals surface area contributed by atoms with Gasteiger partial charge in [-0.25, -0.2) is 0 Å². The molecule has 0 bridgehead atoms.